The van der Waals surface area contributed by atoms with Crippen LogP contribution in [0.4, 0.5) is 15.2 Å². The summed E-state index contributed by atoms with van der Waals surface area (Å²) in [6, 6.07) is 9.89. The maximum absolute atomic E-state index is 15.7. The van der Waals surface area contributed by atoms with Crippen molar-refractivity contribution in [1.29, 1.82) is 0 Å². The Morgan fingerprint density at radius 1 is 1.12 bits per heavy atom. The highest BCUT2D eigenvalue weighted by atomic mass is 35.5. The first-order chi connectivity index (χ1) is 16.6. The van der Waals surface area contributed by atoms with E-state index >= 15 is 4.39 Å². The van der Waals surface area contributed by atoms with Gasteiger partial charge >= 0.3 is 0 Å². The number of hydrogen-bond donors (Lipinski definition) is 1. The Bertz CT molecular complexity index is 1330. The van der Waals surface area contributed by atoms with Gasteiger partial charge in [-0.2, -0.15) is 0 Å². The van der Waals surface area contributed by atoms with Crippen LogP contribution in [0.15, 0.2) is 59.9 Å². The van der Waals surface area contributed by atoms with Crippen LogP contribution in [-0.2, 0) is 15.7 Å². The number of aromatic nitrogens is 4. The Kier molecular flexibility index (Phi) is 6.77. The van der Waals surface area contributed by atoms with E-state index in [0.717, 1.165) is 5.13 Å². The number of morpholine rings is 1. The number of hydrogen-bond acceptors (Lipinski definition) is 8. The van der Waals surface area contributed by atoms with E-state index in [4.69, 9.17) is 21.3 Å². The maximum atomic E-state index is 15.7. The van der Waals surface area contributed by atoms with Gasteiger partial charge in [-0.1, -0.05) is 17.4 Å². The summed E-state index contributed by atoms with van der Waals surface area (Å²) in [5.41, 5.74) is 1.32. The molecule has 12 heteroatoms. The summed E-state index contributed by atoms with van der Waals surface area (Å²) in [5.74, 6) is -0.569. The summed E-state index contributed by atoms with van der Waals surface area (Å²) in [7, 11) is -1.68. The molecule has 1 saturated heterocycles. The lowest BCUT2D eigenvalue weighted by molar-refractivity contribution is 0.122. The monoisotopic (exact) mass is 516 g/mol. The van der Waals surface area contributed by atoms with E-state index < -0.39 is 16.8 Å². The van der Waals surface area contributed by atoms with Crippen LogP contribution < -0.4 is 9.62 Å². The molecule has 1 fully saturated rings. The van der Waals surface area contributed by atoms with E-state index in [0.29, 0.717) is 47.5 Å². The molecule has 1 aliphatic rings. The van der Waals surface area contributed by atoms with Gasteiger partial charge in [0.15, 0.2) is 21.9 Å². The van der Waals surface area contributed by atoms with E-state index in [9.17, 15) is 4.21 Å². The first-order valence-corrected chi connectivity index (χ1v) is 12.6. The zero-order valence-electron chi connectivity index (χ0n) is 17.6. The van der Waals surface area contributed by atoms with Gasteiger partial charge in [0.2, 0.25) is 5.28 Å². The molecule has 1 unspecified atom stereocenters. The predicted octanol–water partition coefficient (Wildman–Crippen LogP) is 4.43. The predicted molar refractivity (Wildman–Crippen MR) is 131 cm³/mol. The third-order valence-electron chi connectivity index (χ3n) is 5.06. The number of pyridine rings is 1. The summed E-state index contributed by atoms with van der Waals surface area (Å²) in [4.78, 5) is 20.2. The summed E-state index contributed by atoms with van der Waals surface area (Å²) in [6.07, 6.45) is 4.60. The standard InChI is InChI=1S/C22H18ClFN6O2S2/c23-21-26-8-6-17(27-21)20-19(28-22(33-20)30-9-11-32-12-10-30)15-4-1-5-16(18(15)24)29-34(31)14-3-2-7-25-13-14/h1-8,13,29H,9-12H2. The fourth-order valence-corrected chi connectivity index (χ4v) is 5.51. The van der Waals surface area contributed by atoms with Crippen LogP contribution in [0.25, 0.3) is 21.8 Å². The van der Waals surface area contributed by atoms with Gasteiger partial charge in [-0.3, -0.25) is 9.71 Å². The van der Waals surface area contributed by atoms with Crippen LogP contribution in [0.3, 0.4) is 0 Å². The summed E-state index contributed by atoms with van der Waals surface area (Å²) in [6.45, 7) is 2.56. The van der Waals surface area contributed by atoms with E-state index in [1.54, 1.807) is 42.7 Å². The number of nitrogens with one attached hydrogen (secondary N) is 1. The molecular weight excluding hydrogens is 499 g/mol. The molecule has 8 nitrogen and oxygen atoms in total. The van der Waals surface area contributed by atoms with Crippen molar-refractivity contribution in [2.75, 3.05) is 35.9 Å². The second-order valence-corrected chi connectivity index (χ2v) is 9.74. The van der Waals surface area contributed by atoms with Crippen LogP contribution in [0.5, 0.6) is 0 Å². The third-order valence-corrected chi connectivity index (χ3v) is 7.46. The molecule has 4 heterocycles. The molecule has 0 bridgehead atoms. The summed E-state index contributed by atoms with van der Waals surface area (Å²) in [5, 5.41) is 0.826. The molecule has 174 valence electrons. The average Bonchev–Trinajstić information content (AvgIpc) is 3.32. The topological polar surface area (TPSA) is 93.1 Å². The molecule has 0 radical (unpaired) electrons. The number of rotatable bonds is 6. The number of halogens is 2. The lowest BCUT2D eigenvalue weighted by Crippen LogP contribution is -2.36. The van der Waals surface area contributed by atoms with Crippen molar-refractivity contribution < 1.29 is 13.3 Å². The van der Waals surface area contributed by atoms with Crippen LogP contribution in [0.1, 0.15) is 0 Å². The van der Waals surface area contributed by atoms with E-state index in [1.165, 1.54) is 23.6 Å². The maximum Gasteiger partial charge on any atom is 0.222 e. The van der Waals surface area contributed by atoms with Gasteiger partial charge in [0.05, 0.1) is 40.1 Å². The normalized spacial score (nSPS) is 14.7. The number of nitrogens with zero attached hydrogens (tertiary/aromatic N) is 5. The quantitative estimate of drug-likeness (QED) is 0.379. The third kappa shape index (κ3) is 4.78. The average molecular weight is 517 g/mol. The van der Waals surface area contributed by atoms with Crippen LogP contribution >= 0.6 is 22.9 Å². The second-order valence-electron chi connectivity index (χ2n) is 7.21. The molecule has 0 saturated carbocycles. The van der Waals surface area contributed by atoms with Crippen molar-refractivity contribution in [3.8, 4) is 21.8 Å². The van der Waals surface area contributed by atoms with Gasteiger partial charge in [-0.25, -0.2) is 23.6 Å². The van der Waals surface area contributed by atoms with Gasteiger partial charge in [-0.05, 0) is 41.9 Å². The Morgan fingerprint density at radius 3 is 2.74 bits per heavy atom. The zero-order chi connectivity index (χ0) is 23.5. The molecule has 0 spiro atoms. The smallest absolute Gasteiger partial charge is 0.222 e. The molecule has 1 aromatic carbocycles. The Labute approximate surface area is 206 Å². The van der Waals surface area contributed by atoms with E-state index in [1.807, 2.05) is 0 Å². The molecule has 5 rings (SSSR count). The van der Waals surface area contributed by atoms with Crippen molar-refractivity contribution in [1.82, 2.24) is 19.9 Å². The molecule has 1 aliphatic heterocycles. The number of anilines is 2. The molecule has 34 heavy (non-hydrogen) atoms. The van der Waals surface area contributed by atoms with Crippen molar-refractivity contribution in [2.45, 2.75) is 4.90 Å². The summed E-state index contributed by atoms with van der Waals surface area (Å²) >= 11 is 7.44. The molecule has 0 aliphatic carbocycles. The Hall–Kier alpha value is -2.99. The van der Waals surface area contributed by atoms with Crippen LogP contribution in [0, 0.1) is 5.82 Å². The minimum Gasteiger partial charge on any atom is -0.378 e. The van der Waals surface area contributed by atoms with E-state index in [2.05, 4.69) is 24.6 Å². The lowest BCUT2D eigenvalue weighted by Gasteiger charge is -2.26. The number of ether oxygens (including phenoxy) is 1. The van der Waals surface area contributed by atoms with Gasteiger partial charge in [0.25, 0.3) is 0 Å². The zero-order valence-corrected chi connectivity index (χ0v) is 20.0. The minimum absolute atomic E-state index is 0.0901. The first-order valence-electron chi connectivity index (χ1n) is 10.3. The van der Waals surface area contributed by atoms with E-state index in [-0.39, 0.29) is 16.5 Å². The highest BCUT2D eigenvalue weighted by Gasteiger charge is 2.24. The number of thiazole rings is 1. The highest BCUT2D eigenvalue weighted by Crippen LogP contribution is 2.41. The molecular formula is C22H18ClFN6O2S2. The Balaban J connectivity index is 1.56. The van der Waals surface area contributed by atoms with Gasteiger partial charge in [0.1, 0.15) is 0 Å². The Morgan fingerprint density at radius 2 is 1.97 bits per heavy atom. The highest BCUT2D eigenvalue weighted by molar-refractivity contribution is 7.86. The summed E-state index contributed by atoms with van der Waals surface area (Å²) < 4.78 is 36.6. The van der Waals surface area contributed by atoms with Crippen LogP contribution in [-0.4, -0.2) is 50.4 Å². The second kappa shape index (κ2) is 10.1. The lowest BCUT2D eigenvalue weighted by atomic mass is 10.1. The van der Waals surface area contributed by atoms with Crippen molar-refractivity contribution in [2.24, 2.45) is 0 Å². The fraction of sp³-hybridized carbons (Fsp3) is 0.182. The van der Waals surface area contributed by atoms with Crippen LogP contribution in [0.2, 0.25) is 5.28 Å². The van der Waals surface area contributed by atoms with Crippen molar-refractivity contribution in [3.05, 3.63) is 66.1 Å². The molecule has 3 aromatic heterocycles. The molecule has 1 N–H and O–H groups in total. The van der Waals surface area contributed by atoms with Gasteiger partial charge < -0.3 is 9.64 Å². The van der Waals surface area contributed by atoms with Gasteiger partial charge in [0, 0.05) is 37.2 Å². The molecule has 1 atom stereocenters. The molecule has 0 amide bonds. The molecule has 4 aromatic rings. The number of benzene rings is 1. The van der Waals surface area contributed by atoms with Gasteiger partial charge in [-0.15, -0.1) is 0 Å². The van der Waals surface area contributed by atoms with Crippen molar-refractivity contribution >= 4 is 44.7 Å². The van der Waals surface area contributed by atoms with Crippen molar-refractivity contribution in [3.63, 3.8) is 0 Å². The SMILES string of the molecule is O=S(Nc1cccc(-c2nc(N3CCOCC3)sc2-c2ccnc(Cl)n2)c1F)c1cccnc1. The minimum atomic E-state index is -1.68. The first kappa shape index (κ1) is 22.8. The fourth-order valence-electron chi connectivity index (χ4n) is 3.43. The largest absolute Gasteiger partial charge is 0.378 e.